The molecule has 0 fully saturated rings. The van der Waals surface area contributed by atoms with Gasteiger partial charge in [-0.2, -0.15) is 5.10 Å². The predicted octanol–water partition coefficient (Wildman–Crippen LogP) is 1.45. The number of hydrogen-bond acceptors (Lipinski definition) is 3. The number of hydrogen-bond donors (Lipinski definition) is 1. The normalized spacial score (nSPS) is 12.3. The van der Waals surface area contributed by atoms with Gasteiger partial charge in [-0.05, 0) is 20.3 Å². The van der Waals surface area contributed by atoms with Crippen molar-refractivity contribution < 1.29 is 8.42 Å². The maximum absolute atomic E-state index is 12.2. The van der Waals surface area contributed by atoms with E-state index in [-0.39, 0.29) is 0 Å². The van der Waals surface area contributed by atoms with Crippen molar-refractivity contribution in [2.75, 3.05) is 13.6 Å². The van der Waals surface area contributed by atoms with Gasteiger partial charge in [0.05, 0.1) is 11.4 Å². The molecule has 0 radical (unpaired) electrons. The largest absolute Gasteiger partial charge is 0.281 e. The molecular formula is C10H19N3O2S. The second kappa shape index (κ2) is 4.97. The lowest BCUT2D eigenvalue weighted by atomic mass is 10.3. The monoisotopic (exact) mass is 245 g/mol. The van der Waals surface area contributed by atoms with Crippen LogP contribution in [0.3, 0.4) is 0 Å². The van der Waals surface area contributed by atoms with E-state index in [0.717, 1.165) is 12.8 Å². The zero-order valence-corrected chi connectivity index (χ0v) is 11.1. The Morgan fingerprint density at radius 1 is 1.38 bits per heavy atom. The molecule has 0 amide bonds. The van der Waals surface area contributed by atoms with Gasteiger partial charge < -0.3 is 0 Å². The van der Waals surface area contributed by atoms with Crippen molar-refractivity contribution >= 4 is 10.0 Å². The molecule has 5 nitrogen and oxygen atoms in total. The molecule has 1 N–H and O–H groups in total. The van der Waals surface area contributed by atoms with Gasteiger partial charge in [-0.1, -0.05) is 13.3 Å². The first kappa shape index (κ1) is 13.2. The maximum Gasteiger partial charge on any atom is 0.246 e. The molecule has 0 atom stereocenters. The zero-order valence-electron chi connectivity index (χ0n) is 10.2. The van der Waals surface area contributed by atoms with Gasteiger partial charge >= 0.3 is 0 Å². The van der Waals surface area contributed by atoms with E-state index in [9.17, 15) is 8.42 Å². The molecule has 0 saturated heterocycles. The molecule has 1 aromatic rings. The van der Waals surface area contributed by atoms with Gasteiger partial charge in [0.2, 0.25) is 10.0 Å². The summed E-state index contributed by atoms with van der Waals surface area (Å²) in [5.41, 5.74) is 1.13. The lowest BCUT2D eigenvalue weighted by Gasteiger charge is -2.16. The summed E-state index contributed by atoms with van der Waals surface area (Å²) in [5.74, 6) is 0. The third-order valence-corrected chi connectivity index (χ3v) is 4.68. The number of nitrogens with zero attached hydrogens (tertiary/aromatic N) is 2. The van der Waals surface area contributed by atoms with Crippen LogP contribution in [0.2, 0.25) is 0 Å². The van der Waals surface area contributed by atoms with Crippen molar-refractivity contribution in [3.8, 4) is 0 Å². The Labute approximate surface area is 96.9 Å². The fourth-order valence-electron chi connectivity index (χ4n) is 1.58. The van der Waals surface area contributed by atoms with Crippen molar-refractivity contribution in [2.24, 2.45) is 0 Å². The van der Waals surface area contributed by atoms with E-state index >= 15 is 0 Å². The number of unbranched alkanes of at least 4 members (excludes halogenated alkanes) is 1. The molecule has 1 heterocycles. The topological polar surface area (TPSA) is 66.1 Å². The van der Waals surface area contributed by atoms with Gasteiger partial charge in [-0.15, -0.1) is 0 Å². The summed E-state index contributed by atoms with van der Waals surface area (Å²) in [6.07, 6.45) is 1.84. The van der Waals surface area contributed by atoms with Gasteiger partial charge in [0.15, 0.2) is 0 Å². The number of rotatable bonds is 5. The summed E-state index contributed by atoms with van der Waals surface area (Å²) < 4.78 is 25.8. The first-order chi connectivity index (χ1) is 7.41. The molecule has 0 aliphatic rings. The van der Waals surface area contributed by atoms with Crippen LogP contribution in [0.4, 0.5) is 0 Å². The van der Waals surface area contributed by atoms with Crippen LogP contribution < -0.4 is 0 Å². The second-order valence-corrected chi connectivity index (χ2v) is 5.92. The molecule has 16 heavy (non-hydrogen) atoms. The summed E-state index contributed by atoms with van der Waals surface area (Å²) in [6.45, 7) is 6.00. The standard InChI is InChI=1S/C10H19N3O2S/c1-5-6-7-13(4)16(14,15)10-8(2)11-12-9(10)3/h5-7H2,1-4H3,(H,11,12). The first-order valence-corrected chi connectivity index (χ1v) is 6.83. The van der Waals surface area contributed by atoms with Gasteiger partial charge in [0, 0.05) is 13.6 Å². The fourth-order valence-corrected chi connectivity index (χ4v) is 3.11. The number of sulfonamides is 1. The van der Waals surface area contributed by atoms with Crippen LogP contribution in [-0.4, -0.2) is 36.5 Å². The quantitative estimate of drug-likeness (QED) is 0.853. The van der Waals surface area contributed by atoms with Crippen LogP contribution in [0.15, 0.2) is 4.90 Å². The van der Waals surface area contributed by atoms with Crippen molar-refractivity contribution in [3.63, 3.8) is 0 Å². The summed E-state index contributed by atoms with van der Waals surface area (Å²) in [5, 5.41) is 6.61. The highest BCUT2D eigenvalue weighted by Gasteiger charge is 2.26. The van der Waals surface area contributed by atoms with E-state index in [1.165, 1.54) is 4.31 Å². The smallest absolute Gasteiger partial charge is 0.246 e. The first-order valence-electron chi connectivity index (χ1n) is 5.39. The molecular weight excluding hydrogens is 226 g/mol. The van der Waals surface area contributed by atoms with Crippen molar-refractivity contribution in [2.45, 2.75) is 38.5 Å². The molecule has 0 saturated carbocycles. The molecule has 6 heteroatoms. The van der Waals surface area contributed by atoms with Crippen LogP contribution in [0.25, 0.3) is 0 Å². The van der Waals surface area contributed by atoms with E-state index in [0.29, 0.717) is 22.8 Å². The highest BCUT2D eigenvalue weighted by molar-refractivity contribution is 7.89. The highest BCUT2D eigenvalue weighted by atomic mass is 32.2. The Bertz CT molecular complexity index is 431. The maximum atomic E-state index is 12.2. The molecule has 0 unspecified atom stereocenters. The van der Waals surface area contributed by atoms with Gasteiger partial charge in [0.1, 0.15) is 4.90 Å². The van der Waals surface area contributed by atoms with E-state index in [1.54, 1.807) is 20.9 Å². The molecule has 1 aromatic heterocycles. The summed E-state index contributed by atoms with van der Waals surface area (Å²) in [7, 11) is -1.78. The van der Waals surface area contributed by atoms with E-state index in [2.05, 4.69) is 10.2 Å². The van der Waals surface area contributed by atoms with Crippen LogP contribution in [-0.2, 0) is 10.0 Å². The molecule has 0 aliphatic carbocycles. The molecule has 1 rings (SSSR count). The predicted molar refractivity (Wildman–Crippen MR) is 62.8 cm³/mol. The summed E-state index contributed by atoms with van der Waals surface area (Å²) >= 11 is 0. The van der Waals surface area contributed by atoms with E-state index in [1.807, 2.05) is 6.92 Å². The second-order valence-electron chi connectivity index (χ2n) is 3.94. The lowest BCUT2D eigenvalue weighted by molar-refractivity contribution is 0.458. The Morgan fingerprint density at radius 2 is 2.00 bits per heavy atom. The molecule has 0 aliphatic heterocycles. The number of nitrogens with one attached hydrogen (secondary N) is 1. The zero-order chi connectivity index (χ0) is 12.3. The van der Waals surface area contributed by atoms with E-state index in [4.69, 9.17) is 0 Å². The molecule has 0 bridgehead atoms. The molecule has 92 valence electrons. The third-order valence-electron chi connectivity index (χ3n) is 2.56. The van der Waals surface area contributed by atoms with Crippen molar-refractivity contribution in [3.05, 3.63) is 11.4 Å². The van der Waals surface area contributed by atoms with Crippen LogP contribution >= 0.6 is 0 Å². The minimum absolute atomic E-state index is 0.311. The fraction of sp³-hybridized carbons (Fsp3) is 0.700. The minimum atomic E-state index is -3.39. The number of aromatic amines is 1. The average Bonchev–Trinajstić information content (AvgIpc) is 2.55. The molecule has 0 spiro atoms. The number of H-pyrrole nitrogens is 1. The summed E-state index contributed by atoms with van der Waals surface area (Å²) in [4.78, 5) is 0.311. The van der Waals surface area contributed by atoms with Crippen LogP contribution in [0.5, 0.6) is 0 Å². The van der Waals surface area contributed by atoms with Gasteiger partial charge in [-0.25, -0.2) is 12.7 Å². The van der Waals surface area contributed by atoms with Crippen LogP contribution in [0, 0.1) is 13.8 Å². The third kappa shape index (κ3) is 2.44. The Hall–Kier alpha value is -0.880. The Morgan fingerprint density at radius 3 is 2.44 bits per heavy atom. The Balaban J connectivity index is 3.02. The van der Waals surface area contributed by atoms with Gasteiger partial charge in [-0.3, -0.25) is 5.10 Å². The number of aromatic nitrogens is 2. The average molecular weight is 245 g/mol. The number of aryl methyl sites for hydroxylation is 2. The SMILES string of the molecule is CCCCN(C)S(=O)(=O)c1c(C)n[nH]c1C. The van der Waals surface area contributed by atoms with Gasteiger partial charge in [0.25, 0.3) is 0 Å². The Kier molecular flexibility index (Phi) is 4.09. The lowest BCUT2D eigenvalue weighted by Crippen LogP contribution is -2.28. The highest BCUT2D eigenvalue weighted by Crippen LogP contribution is 2.20. The molecule has 0 aromatic carbocycles. The van der Waals surface area contributed by atoms with Crippen LogP contribution in [0.1, 0.15) is 31.2 Å². The van der Waals surface area contributed by atoms with Crippen molar-refractivity contribution in [1.82, 2.24) is 14.5 Å². The van der Waals surface area contributed by atoms with E-state index < -0.39 is 10.0 Å². The minimum Gasteiger partial charge on any atom is -0.281 e. The van der Waals surface area contributed by atoms with Crippen molar-refractivity contribution in [1.29, 1.82) is 0 Å². The summed E-state index contributed by atoms with van der Waals surface area (Å²) in [6, 6.07) is 0.